The second-order valence-electron chi connectivity index (χ2n) is 14.2. The first-order valence-corrected chi connectivity index (χ1v) is 16.1. The van der Waals surface area contributed by atoms with Gasteiger partial charge < -0.3 is 14.5 Å². The topological polar surface area (TPSA) is 54.6 Å². The third-order valence-corrected chi connectivity index (χ3v) is 10.1. The number of fused-ring (bicyclic) bond motifs is 3. The van der Waals surface area contributed by atoms with Crippen LogP contribution in [0.25, 0.3) is 38.1 Å². The summed E-state index contributed by atoms with van der Waals surface area (Å²) in [6.07, 6.45) is 7.74. The molecule has 3 aromatic heterocycles. The fourth-order valence-corrected chi connectivity index (χ4v) is 6.11. The molecule has 1 radical (unpaired) electrons. The molecule has 0 aliphatic carbocycles. The number of carbonyl (C=O) groups is 1. The van der Waals surface area contributed by atoms with Gasteiger partial charge in [-0.2, -0.15) is 0 Å². The smallest absolute Gasteiger partial charge is 0.164 e. The number of nitrogens with zero attached hydrogens (tertiary/aromatic N) is 2. The molecule has 0 atom stereocenters. The second-order valence-corrected chi connectivity index (χ2v) is 14.2. The Kier molecular flexibility index (Phi) is 10.8. The Labute approximate surface area is 278 Å². The Morgan fingerprint density at radius 3 is 2.09 bits per heavy atom. The van der Waals surface area contributed by atoms with Crippen LogP contribution < -0.4 is 0 Å². The summed E-state index contributed by atoms with van der Waals surface area (Å²) in [7, 11) is 0. The first-order valence-electron chi connectivity index (χ1n) is 16.1. The molecule has 44 heavy (non-hydrogen) atoms. The predicted octanol–water partition coefficient (Wildman–Crippen LogP) is 10.9. The van der Waals surface area contributed by atoms with E-state index < -0.39 is 0 Å². The molecule has 5 aromatic rings. The Balaban J connectivity index is 0.000000260. The van der Waals surface area contributed by atoms with E-state index in [1.807, 2.05) is 47.7 Å². The van der Waals surface area contributed by atoms with E-state index >= 15 is 0 Å². The fraction of sp³-hybridized carbons (Fsp3) is 0.487. The Morgan fingerprint density at radius 1 is 0.909 bits per heavy atom. The summed E-state index contributed by atoms with van der Waals surface area (Å²) in [5, 5.41) is 15.1. The molecule has 0 amide bonds. The fourth-order valence-electron chi connectivity index (χ4n) is 6.11. The van der Waals surface area contributed by atoms with Crippen molar-refractivity contribution in [2.45, 2.75) is 108 Å². The first-order chi connectivity index (χ1) is 20.1. The van der Waals surface area contributed by atoms with Crippen molar-refractivity contribution in [3.05, 3.63) is 71.3 Å². The standard InChI is InChI=1S/C24H23N2.C15H28O2.Ir/c1-14-6-9-20-18(12-14)22-21-16(10-11-25-22)7-8-17-19(13-24(3,4)5)15(2)26(20)23(17)21;1-7-14(5,8-2)12(16)11-13(17)15(6,9-3)10-4;/h6-11H,13H2,1-5H3;11,16H,7-10H2,1-6H3;/q-1;;/b;12-11-;. The minimum absolute atomic E-state index is 0. The van der Waals surface area contributed by atoms with Crippen LogP contribution >= 0.6 is 0 Å². The van der Waals surface area contributed by atoms with Crippen molar-refractivity contribution in [2.75, 3.05) is 0 Å². The molecule has 5 heteroatoms. The maximum Gasteiger partial charge on any atom is 0.164 e. The number of carbonyl (C=O) groups excluding carboxylic acids is 1. The number of rotatable bonds is 8. The molecule has 0 fully saturated rings. The third kappa shape index (κ3) is 6.46. The number of aliphatic hydroxyl groups is 1. The van der Waals surface area contributed by atoms with E-state index in [2.05, 4.69) is 75.4 Å². The maximum absolute atomic E-state index is 12.2. The van der Waals surface area contributed by atoms with Gasteiger partial charge in [0.15, 0.2) is 5.78 Å². The van der Waals surface area contributed by atoms with Gasteiger partial charge in [-0.1, -0.05) is 81.4 Å². The van der Waals surface area contributed by atoms with Crippen molar-refractivity contribution in [1.29, 1.82) is 0 Å². The van der Waals surface area contributed by atoms with Gasteiger partial charge in [-0.3, -0.25) is 4.79 Å². The minimum Gasteiger partial charge on any atom is -0.512 e. The third-order valence-electron chi connectivity index (χ3n) is 10.1. The van der Waals surface area contributed by atoms with E-state index in [1.54, 1.807) is 0 Å². The van der Waals surface area contributed by atoms with Crippen LogP contribution in [-0.4, -0.2) is 20.3 Å². The normalized spacial score (nSPS) is 13.0. The summed E-state index contributed by atoms with van der Waals surface area (Å²) in [6.45, 7) is 23.4. The average molecular weight is 772 g/mol. The zero-order chi connectivity index (χ0) is 31.9. The number of aliphatic hydroxyl groups excluding tert-OH is 1. The zero-order valence-corrected chi connectivity index (χ0v) is 31.1. The minimum atomic E-state index is -0.337. The van der Waals surface area contributed by atoms with Gasteiger partial charge >= 0.3 is 0 Å². The Morgan fingerprint density at radius 2 is 1.52 bits per heavy atom. The second kappa shape index (κ2) is 13.3. The van der Waals surface area contributed by atoms with Gasteiger partial charge in [-0.25, -0.2) is 0 Å². The molecule has 239 valence electrons. The number of ketones is 1. The van der Waals surface area contributed by atoms with Gasteiger partial charge in [0.05, 0.1) is 0 Å². The van der Waals surface area contributed by atoms with Crippen molar-refractivity contribution < 1.29 is 30.0 Å². The Hall–Kier alpha value is -2.75. The summed E-state index contributed by atoms with van der Waals surface area (Å²) in [5.74, 6) is 0.286. The molecule has 5 rings (SSSR count). The monoisotopic (exact) mass is 772 g/mol. The number of allylic oxidation sites excluding steroid dienone is 2. The van der Waals surface area contributed by atoms with Gasteiger partial charge in [0, 0.05) is 59.8 Å². The summed E-state index contributed by atoms with van der Waals surface area (Å²) < 4.78 is 2.44. The molecule has 0 aliphatic rings. The number of hydrogen-bond donors (Lipinski definition) is 1. The summed E-state index contributed by atoms with van der Waals surface area (Å²) in [6, 6.07) is 14.6. The Bertz CT molecular complexity index is 1800. The van der Waals surface area contributed by atoms with Gasteiger partial charge in [0.2, 0.25) is 0 Å². The van der Waals surface area contributed by atoms with E-state index in [9.17, 15) is 9.90 Å². The van der Waals surface area contributed by atoms with Gasteiger partial charge in [0.1, 0.15) is 5.76 Å². The molecule has 0 unspecified atom stereocenters. The quantitative estimate of drug-likeness (QED) is 0.0562. The summed E-state index contributed by atoms with van der Waals surface area (Å²) >= 11 is 0. The summed E-state index contributed by atoms with van der Waals surface area (Å²) in [5.41, 5.74) is 7.18. The van der Waals surface area contributed by atoms with Crippen LogP contribution in [0.3, 0.4) is 0 Å². The molecule has 0 saturated heterocycles. The molecular formula is C39H51IrN2O2-. The van der Waals surface area contributed by atoms with Crippen LogP contribution in [0.1, 0.15) is 105 Å². The van der Waals surface area contributed by atoms with Crippen LogP contribution in [-0.2, 0) is 31.3 Å². The van der Waals surface area contributed by atoms with Crippen molar-refractivity contribution in [3.63, 3.8) is 0 Å². The molecule has 2 aromatic carbocycles. The average Bonchev–Trinajstić information content (AvgIpc) is 3.26. The van der Waals surface area contributed by atoms with Crippen molar-refractivity contribution in [3.8, 4) is 0 Å². The number of aryl methyl sites for hydroxylation is 2. The predicted molar refractivity (Wildman–Crippen MR) is 183 cm³/mol. The van der Waals surface area contributed by atoms with Gasteiger partial charge in [0.25, 0.3) is 0 Å². The molecule has 1 N–H and O–H groups in total. The first kappa shape index (κ1) is 35.7. The zero-order valence-electron chi connectivity index (χ0n) is 28.7. The molecular weight excluding hydrogens is 721 g/mol. The van der Waals surface area contributed by atoms with Gasteiger partial charge in [-0.05, 0) is 77.9 Å². The molecule has 0 spiro atoms. The number of pyridine rings is 2. The van der Waals surface area contributed by atoms with E-state index in [1.165, 1.54) is 44.5 Å². The SMILES string of the molecule is CCC(C)(CC)C(=O)/C=C(\O)C(C)(CC)CC.Cc1[c-]c2c3nccc4ccc5c(CC(C)(C)C)c(C)n(c2cc1)c5c43.[Ir]. The van der Waals surface area contributed by atoms with Crippen LogP contribution in [0.5, 0.6) is 0 Å². The number of aromatic nitrogens is 2. The van der Waals surface area contributed by atoms with E-state index in [0.717, 1.165) is 48.6 Å². The van der Waals surface area contributed by atoms with Crippen LogP contribution in [0.2, 0.25) is 0 Å². The van der Waals surface area contributed by atoms with E-state index in [4.69, 9.17) is 4.98 Å². The maximum atomic E-state index is 12.2. The van der Waals surface area contributed by atoms with E-state index in [-0.39, 0.29) is 47.9 Å². The number of hydrogen-bond acceptors (Lipinski definition) is 3. The van der Waals surface area contributed by atoms with Gasteiger partial charge in [-0.15, -0.1) is 29.1 Å². The molecule has 0 aliphatic heterocycles. The van der Waals surface area contributed by atoms with Crippen LogP contribution in [0.15, 0.2) is 48.4 Å². The molecule has 0 bridgehead atoms. The van der Waals surface area contributed by atoms with Crippen LogP contribution in [0, 0.1) is 36.2 Å². The largest absolute Gasteiger partial charge is 0.512 e. The molecule has 3 heterocycles. The molecule has 0 saturated carbocycles. The van der Waals surface area contributed by atoms with Crippen molar-refractivity contribution in [1.82, 2.24) is 9.38 Å². The number of benzene rings is 2. The summed E-state index contributed by atoms with van der Waals surface area (Å²) in [4.78, 5) is 17.0. The van der Waals surface area contributed by atoms with E-state index in [0.29, 0.717) is 0 Å². The van der Waals surface area contributed by atoms with Crippen molar-refractivity contribution >= 4 is 43.9 Å². The van der Waals surface area contributed by atoms with Crippen LogP contribution in [0.4, 0.5) is 0 Å². The molecule has 4 nitrogen and oxygen atoms in total. The van der Waals surface area contributed by atoms with Crippen molar-refractivity contribution in [2.24, 2.45) is 16.2 Å².